The Labute approximate surface area is 116 Å². The second-order valence-corrected chi connectivity index (χ2v) is 55.5. The second-order valence-electron chi connectivity index (χ2n) is 2.06. The Bertz CT molecular complexity index is 326. The van der Waals surface area contributed by atoms with Crippen LogP contribution in [0, 0.1) is 0 Å². The van der Waals surface area contributed by atoms with Crippen molar-refractivity contribution in [3.8, 4) is 0 Å². The lowest BCUT2D eigenvalue weighted by atomic mass is 28.9. The molecule has 0 aromatic heterocycles. The molecule has 0 aliphatic carbocycles. The molecule has 4 saturated heterocycles. The van der Waals surface area contributed by atoms with Crippen molar-refractivity contribution in [2.24, 2.45) is 0 Å². The first kappa shape index (κ1) is 12.5. The third-order valence-corrected chi connectivity index (χ3v) is 89.1. The van der Waals surface area contributed by atoms with Crippen molar-refractivity contribution in [2.45, 2.75) is 0 Å². The van der Waals surface area contributed by atoms with Crippen molar-refractivity contribution in [2.75, 3.05) is 0 Å². The maximum absolute atomic E-state index is 5.73. The summed E-state index contributed by atoms with van der Waals surface area (Å²) in [5.41, 5.74) is -0.0343. The average molecular weight is 412 g/mol. The van der Waals surface area contributed by atoms with Gasteiger partial charge in [-0.2, -0.15) is 0 Å². The van der Waals surface area contributed by atoms with Gasteiger partial charge in [0.05, 0.1) is 5.53 Å². The normalized spacial score (nSPS) is 64.2. The van der Waals surface area contributed by atoms with Crippen LogP contribution < -0.4 is 0 Å². The zero-order valence-corrected chi connectivity index (χ0v) is 16.4. The van der Waals surface area contributed by atoms with E-state index in [1.165, 1.54) is 0 Å². The molecule has 4 heterocycles. The summed E-state index contributed by atoms with van der Waals surface area (Å²) < 4.78 is -3.78. The molecule has 4 rings (SSSR count). The van der Waals surface area contributed by atoms with Gasteiger partial charge in [0.1, 0.15) is 10.9 Å². The summed E-state index contributed by atoms with van der Waals surface area (Å²) in [4.78, 5) is 0. The van der Waals surface area contributed by atoms with Crippen molar-refractivity contribution < 1.29 is 0 Å². The Morgan fingerprint density at radius 3 is 1.23 bits per heavy atom. The van der Waals surface area contributed by atoms with E-state index in [0.29, 0.717) is 0 Å². The molecule has 0 N–H and O–H groups in total. The SMILES string of the molecule is S=P12SP3SP(=S)(S1)SP(=S)(S3)S2. The molecule has 0 amide bonds. The Balaban J connectivity index is 2.18. The highest BCUT2D eigenvalue weighted by molar-refractivity contribution is 9.81. The van der Waals surface area contributed by atoms with Gasteiger partial charge in [-0.15, -0.1) is 0 Å². The maximum Gasteiger partial charge on any atom is 0.127 e. The van der Waals surface area contributed by atoms with E-state index in [2.05, 4.69) is 33.0 Å². The molecular weight excluding hydrogens is 412 g/mol. The fraction of sp³-hybridized carbons (Fsp3) is 0. The zero-order chi connectivity index (χ0) is 9.32. The summed E-state index contributed by atoms with van der Waals surface area (Å²) in [5.74, 6) is 0. The largest absolute Gasteiger partial charge is 0.127 e. The molecule has 4 aliphatic heterocycles. The zero-order valence-electron chi connectivity index (χ0n) is 5.46. The maximum atomic E-state index is 5.73. The minimum atomic E-state index is -1.26. The monoisotopic (exact) mass is 412 g/mol. The van der Waals surface area contributed by atoms with Crippen molar-refractivity contribution in [1.82, 2.24) is 0 Å². The van der Waals surface area contributed by atoms with Crippen LogP contribution in [0.25, 0.3) is 0 Å². The van der Waals surface area contributed by atoms with Crippen LogP contribution in [0.4, 0.5) is 0 Å². The van der Waals surface area contributed by atoms with Crippen LogP contribution in [0.3, 0.4) is 0 Å². The lowest BCUT2D eigenvalue weighted by Gasteiger charge is -2.49. The third-order valence-electron chi connectivity index (χ3n) is 1.10. The van der Waals surface area contributed by atoms with Crippen molar-refractivity contribution in [1.29, 1.82) is 0 Å². The molecular formula is P4S9. The summed E-state index contributed by atoms with van der Waals surface area (Å²) in [6.07, 6.45) is 0. The summed E-state index contributed by atoms with van der Waals surface area (Å²) in [6.45, 7) is 0. The predicted molar refractivity (Wildman–Crippen MR) is 95.3 cm³/mol. The molecule has 0 unspecified atom stereocenters. The van der Waals surface area contributed by atoms with Crippen LogP contribution in [0.2, 0.25) is 0 Å². The van der Waals surface area contributed by atoms with Gasteiger partial charge in [0.2, 0.25) is 0 Å². The van der Waals surface area contributed by atoms with Crippen LogP contribution in [-0.4, -0.2) is 0 Å². The van der Waals surface area contributed by atoms with Crippen LogP contribution in [-0.2, 0) is 35.4 Å². The fourth-order valence-electron chi connectivity index (χ4n) is 0.791. The van der Waals surface area contributed by atoms with E-state index in [1.54, 1.807) is 0 Å². The molecule has 0 aromatic rings. The molecule has 0 radical (unpaired) electrons. The van der Waals surface area contributed by atoms with E-state index in [0.717, 1.165) is 0 Å². The predicted octanol–water partition coefficient (Wildman–Crippen LogP) is 7.33. The van der Waals surface area contributed by atoms with E-state index < -0.39 is 10.9 Å². The van der Waals surface area contributed by atoms with Crippen LogP contribution in [0.1, 0.15) is 0 Å². The number of hydrogen-bond donors (Lipinski definition) is 0. The Kier molecular flexibility index (Phi) is 3.83. The van der Waals surface area contributed by atoms with Gasteiger partial charge in [0, 0.05) is 0 Å². The van der Waals surface area contributed by atoms with Crippen LogP contribution in [0.5, 0.6) is 0 Å². The topological polar surface area (TPSA) is 0 Å². The van der Waals surface area contributed by atoms with Gasteiger partial charge in [0.25, 0.3) is 0 Å². The second kappa shape index (κ2) is 3.99. The Morgan fingerprint density at radius 2 is 1.00 bits per heavy atom. The van der Waals surface area contributed by atoms with Gasteiger partial charge in [-0.3, -0.25) is 0 Å². The average Bonchev–Trinajstić information content (AvgIpc) is 1.71. The Morgan fingerprint density at radius 1 is 0.692 bits per heavy atom. The minimum Gasteiger partial charge on any atom is -0.0613 e. The van der Waals surface area contributed by atoms with E-state index in [1.807, 2.05) is 33.0 Å². The van der Waals surface area contributed by atoms with Gasteiger partial charge in [-0.1, -0.05) is 68.4 Å². The molecule has 13 heteroatoms. The van der Waals surface area contributed by atoms with Crippen molar-refractivity contribution >= 4 is 118 Å². The fourth-order valence-corrected chi connectivity index (χ4v) is 192. The minimum absolute atomic E-state index is 0.0343. The molecule has 0 atom stereocenters. The number of hydrogen-bond acceptors (Lipinski definition) is 9. The first-order valence-corrected chi connectivity index (χ1v) is 24.6. The smallest absolute Gasteiger partial charge is 0.0613 e. The van der Waals surface area contributed by atoms with Crippen molar-refractivity contribution in [3.05, 3.63) is 0 Å². The van der Waals surface area contributed by atoms with E-state index in [-0.39, 0.29) is 5.53 Å². The van der Waals surface area contributed by atoms with Crippen molar-refractivity contribution in [3.63, 3.8) is 0 Å². The first-order valence-electron chi connectivity index (χ1n) is 2.74. The Hall–Kier alpha value is 4.48. The third kappa shape index (κ3) is 2.46. The molecule has 4 bridgehead atoms. The molecule has 74 valence electrons. The van der Waals surface area contributed by atoms with E-state index >= 15 is 0 Å². The standard InChI is InChI=1S/P4S9/c5-2-8-1-9-3(6,11-2)13-4(7,10-1)12-2. The molecule has 4 aliphatic rings. The molecule has 4 fully saturated rings. The van der Waals surface area contributed by atoms with Crippen LogP contribution >= 0.6 is 82.5 Å². The molecule has 0 nitrogen and oxygen atoms in total. The summed E-state index contributed by atoms with van der Waals surface area (Å²) in [5, 5.41) is 0. The molecule has 13 heavy (non-hydrogen) atoms. The molecule has 0 aromatic carbocycles. The highest BCUT2D eigenvalue weighted by Gasteiger charge is 2.57. The quantitative estimate of drug-likeness (QED) is 0.372. The van der Waals surface area contributed by atoms with Gasteiger partial charge in [0.15, 0.2) is 0 Å². The van der Waals surface area contributed by atoms with Gasteiger partial charge < -0.3 is 0 Å². The summed E-state index contributed by atoms with van der Waals surface area (Å²) in [7, 11) is 0. The summed E-state index contributed by atoms with van der Waals surface area (Å²) >= 11 is 29.3. The highest BCUT2D eigenvalue weighted by Crippen LogP contribution is 3.28. The van der Waals surface area contributed by atoms with Gasteiger partial charge >= 0.3 is 0 Å². The van der Waals surface area contributed by atoms with Gasteiger partial charge in [-0.05, 0) is 33.0 Å². The molecule has 0 saturated carbocycles. The van der Waals surface area contributed by atoms with E-state index in [9.17, 15) is 0 Å². The molecule has 0 spiro atoms. The van der Waals surface area contributed by atoms with Gasteiger partial charge in [-0.25, -0.2) is 0 Å². The number of rotatable bonds is 0. The lowest BCUT2D eigenvalue weighted by Crippen LogP contribution is -1.80. The highest BCUT2D eigenvalue weighted by atomic mass is 34.1. The summed E-state index contributed by atoms with van der Waals surface area (Å²) in [6, 6.07) is 0. The van der Waals surface area contributed by atoms with E-state index in [4.69, 9.17) is 35.4 Å². The lowest BCUT2D eigenvalue weighted by molar-refractivity contribution is 4.70. The first-order chi connectivity index (χ1) is 5.91. The van der Waals surface area contributed by atoms with Crippen LogP contribution in [0.15, 0.2) is 0 Å².